The minimum absolute atomic E-state index is 0.0839. The Morgan fingerprint density at radius 3 is 2.60 bits per heavy atom. The van der Waals surface area contributed by atoms with Gasteiger partial charge in [-0.15, -0.1) is 0 Å². The molecule has 5 nitrogen and oxygen atoms in total. The number of hydrogen-bond donors (Lipinski definition) is 3. The molecule has 0 aromatic heterocycles. The molecule has 1 amide bonds. The monoisotopic (exact) mass is 285 g/mol. The minimum atomic E-state index is -0.923. The van der Waals surface area contributed by atoms with Crippen molar-refractivity contribution in [3.63, 3.8) is 0 Å². The summed E-state index contributed by atoms with van der Waals surface area (Å²) in [6.45, 7) is 0.323. The van der Waals surface area contributed by atoms with Gasteiger partial charge in [0.15, 0.2) is 11.6 Å². The Hall–Kier alpha value is -1.73. The number of piperidine rings is 1. The van der Waals surface area contributed by atoms with E-state index in [4.69, 9.17) is 5.84 Å². The van der Waals surface area contributed by atoms with Gasteiger partial charge in [0.2, 0.25) is 0 Å². The van der Waals surface area contributed by atoms with Gasteiger partial charge >= 0.3 is 0 Å². The Kier molecular flexibility index (Phi) is 4.51. The van der Waals surface area contributed by atoms with E-state index in [1.807, 2.05) is 5.43 Å². The third-order valence-electron chi connectivity index (χ3n) is 3.53. The average Bonchev–Trinajstić information content (AvgIpc) is 2.46. The van der Waals surface area contributed by atoms with Crippen molar-refractivity contribution in [1.29, 1.82) is 0 Å². The summed E-state index contributed by atoms with van der Waals surface area (Å²) in [4.78, 5) is 13.8. The van der Waals surface area contributed by atoms with E-state index in [-0.39, 0.29) is 18.2 Å². The van der Waals surface area contributed by atoms with E-state index < -0.39 is 23.2 Å². The number of hydrazine groups is 1. The maximum absolute atomic E-state index is 13.6. The summed E-state index contributed by atoms with van der Waals surface area (Å²) in [5.74, 6) is 2.68. The van der Waals surface area contributed by atoms with E-state index in [2.05, 4.69) is 0 Å². The largest absolute Gasteiger partial charge is 0.394 e. The Morgan fingerprint density at radius 2 is 2.05 bits per heavy atom. The smallest absolute Gasteiger partial charge is 0.254 e. The molecule has 1 aliphatic rings. The van der Waals surface area contributed by atoms with Crippen LogP contribution in [0.5, 0.6) is 0 Å². The first-order valence-electron chi connectivity index (χ1n) is 6.46. The van der Waals surface area contributed by atoms with E-state index in [1.165, 1.54) is 4.90 Å². The molecule has 110 valence electrons. The molecule has 1 aromatic carbocycles. The van der Waals surface area contributed by atoms with E-state index >= 15 is 0 Å². The first-order chi connectivity index (χ1) is 9.58. The van der Waals surface area contributed by atoms with Crippen molar-refractivity contribution in [1.82, 2.24) is 4.90 Å². The highest BCUT2D eigenvalue weighted by Gasteiger charge is 2.28. The fraction of sp³-hybridized carbons (Fsp3) is 0.462. The molecule has 2 rings (SSSR count). The second kappa shape index (κ2) is 6.15. The van der Waals surface area contributed by atoms with Gasteiger partial charge in [0.25, 0.3) is 5.91 Å². The van der Waals surface area contributed by atoms with Crippen molar-refractivity contribution in [2.45, 2.75) is 25.3 Å². The molecule has 1 fully saturated rings. The molecule has 0 saturated carbocycles. The lowest BCUT2D eigenvalue weighted by Gasteiger charge is -2.34. The lowest BCUT2D eigenvalue weighted by atomic mass is 10.0. The van der Waals surface area contributed by atoms with Gasteiger partial charge in [-0.25, -0.2) is 8.78 Å². The van der Waals surface area contributed by atoms with Crippen LogP contribution in [0.1, 0.15) is 29.6 Å². The van der Waals surface area contributed by atoms with Gasteiger partial charge < -0.3 is 15.4 Å². The van der Waals surface area contributed by atoms with Crippen molar-refractivity contribution in [2.75, 3.05) is 18.6 Å². The van der Waals surface area contributed by atoms with Crippen molar-refractivity contribution in [3.05, 3.63) is 29.3 Å². The van der Waals surface area contributed by atoms with Crippen LogP contribution in [0.15, 0.2) is 12.1 Å². The molecule has 1 unspecified atom stereocenters. The van der Waals surface area contributed by atoms with Crippen LogP contribution in [0.25, 0.3) is 0 Å². The van der Waals surface area contributed by atoms with Gasteiger partial charge in [-0.2, -0.15) is 0 Å². The number of nitrogen functional groups attached to an aromatic ring is 1. The van der Waals surface area contributed by atoms with Crippen molar-refractivity contribution < 1.29 is 18.7 Å². The highest BCUT2D eigenvalue weighted by Crippen LogP contribution is 2.23. The van der Waals surface area contributed by atoms with Crippen LogP contribution in [0, 0.1) is 11.6 Å². The van der Waals surface area contributed by atoms with Crippen LogP contribution in [-0.2, 0) is 0 Å². The third-order valence-corrected chi connectivity index (χ3v) is 3.53. The molecule has 0 spiro atoms. The predicted octanol–water partition coefficient (Wildman–Crippen LogP) is 1.24. The molecule has 1 heterocycles. The molecule has 1 atom stereocenters. The van der Waals surface area contributed by atoms with Crippen LogP contribution in [-0.4, -0.2) is 35.1 Å². The molecule has 1 aromatic rings. The lowest BCUT2D eigenvalue weighted by molar-refractivity contribution is 0.0502. The molecule has 1 aliphatic heterocycles. The number of likely N-dealkylation sites (tertiary alicyclic amines) is 1. The number of hydrogen-bond acceptors (Lipinski definition) is 4. The second-order valence-corrected chi connectivity index (χ2v) is 4.79. The molecule has 20 heavy (non-hydrogen) atoms. The van der Waals surface area contributed by atoms with Gasteiger partial charge in [0, 0.05) is 12.1 Å². The normalized spacial score (nSPS) is 19.0. The van der Waals surface area contributed by atoms with Gasteiger partial charge in [-0.1, -0.05) is 0 Å². The Morgan fingerprint density at radius 1 is 1.40 bits per heavy atom. The van der Waals surface area contributed by atoms with Crippen LogP contribution < -0.4 is 11.3 Å². The maximum atomic E-state index is 13.6. The van der Waals surface area contributed by atoms with Crippen LogP contribution >= 0.6 is 0 Å². The first-order valence-corrected chi connectivity index (χ1v) is 6.46. The zero-order chi connectivity index (χ0) is 14.7. The summed E-state index contributed by atoms with van der Waals surface area (Å²) in [7, 11) is 0. The molecule has 1 saturated heterocycles. The van der Waals surface area contributed by atoms with Crippen LogP contribution in [0.4, 0.5) is 14.5 Å². The number of benzene rings is 1. The fourth-order valence-electron chi connectivity index (χ4n) is 2.46. The van der Waals surface area contributed by atoms with Gasteiger partial charge in [0.1, 0.15) is 5.69 Å². The van der Waals surface area contributed by atoms with Crippen LogP contribution in [0.3, 0.4) is 0 Å². The number of aliphatic hydroxyl groups is 1. The summed E-state index contributed by atoms with van der Waals surface area (Å²) in [6.07, 6.45) is 2.43. The van der Waals surface area contributed by atoms with Gasteiger partial charge in [-0.3, -0.25) is 10.6 Å². The Balaban J connectivity index is 2.28. The number of anilines is 1. The van der Waals surface area contributed by atoms with Crippen molar-refractivity contribution in [3.8, 4) is 0 Å². The van der Waals surface area contributed by atoms with Crippen molar-refractivity contribution in [2.24, 2.45) is 5.84 Å². The van der Waals surface area contributed by atoms with E-state index in [0.29, 0.717) is 13.0 Å². The number of carbonyl (C=O) groups is 1. The molecule has 0 radical (unpaired) electrons. The molecule has 0 bridgehead atoms. The zero-order valence-corrected chi connectivity index (χ0v) is 10.9. The van der Waals surface area contributed by atoms with Crippen molar-refractivity contribution >= 4 is 11.6 Å². The molecular formula is C13H17F2N3O2. The summed E-state index contributed by atoms with van der Waals surface area (Å²) in [6, 6.07) is 1.60. The number of amides is 1. The van der Waals surface area contributed by atoms with E-state index in [0.717, 1.165) is 25.0 Å². The molecular weight excluding hydrogens is 268 g/mol. The zero-order valence-electron chi connectivity index (χ0n) is 10.9. The number of nitrogens with two attached hydrogens (primary N) is 1. The van der Waals surface area contributed by atoms with Gasteiger partial charge in [0.05, 0.1) is 12.6 Å². The second-order valence-electron chi connectivity index (χ2n) is 4.79. The molecule has 4 N–H and O–H groups in total. The number of nitrogens with one attached hydrogen (secondary N) is 1. The van der Waals surface area contributed by atoms with E-state index in [9.17, 15) is 18.7 Å². The highest BCUT2D eigenvalue weighted by atomic mass is 19.1. The standard InChI is InChI=1S/C13H17F2N3O2/c14-10-5-8(6-11(15)12(10)17-16)13(20)18-4-2-1-3-9(18)7-19/h5-6,9,17,19H,1-4,7,16H2. The Bertz CT molecular complexity index is 487. The number of carbonyl (C=O) groups excluding carboxylic acids is 1. The number of aliphatic hydroxyl groups excluding tert-OH is 1. The fourth-order valence-corrected chi connectivity index (χ4v) is 2.46. The number of halogens is 2. The van der Waals surface area contributed by atoms with E-state index in [1.54, 1.807) is 0 Å². The SMILES string of the molecule is NNc1c(F)cc(C(=O)N2CCCCC2CO)cc1F. The molecule has 7 heteroatoms. The van der Waals surface area contributed by atoms with Gasteiger partial charge in [-0.05, 0) is 31.4 Å². The summed E-state index contributed by atoms with van der Waals surface area (Å²) in [5.41, 5.74) is 1.36. The minimum Gasteiger partial charge on any atom is -0.394 e. The summed E-state index contributed by atoms with van der Waals surface area (Å²) >= 11 is 0. The lowest BCUT2D eigenvalue weighted by Crippen LogP contribution is -2.45. The number of rotatable bonds is 3. The number of nitrogens with zero attached hydrogens (tertiary/aromatic N) is 1. The molecule has 0 aliphatic carbocycles. The maximum Gasteiger partial charge on any atom is 0.254 e. The summed E-state index contributed by atoms with van der Waals surface area (Å²) < 4.78 is 27.2. The summed E-state index contributed by atoms with van der Waals surface area (Å²) in [5, 5.41) is 9.28. The Labute approximate surface area is 115 Å². The highest BCUT2D eigenvalue weighted by molar-refractivity contribution is 5.95. The van der Waals surface area contributed by atoms with Crippen LogP contribution in [0.2, 0.25) is 0 Å². The first kappa shape index (κ1) is 14.7. The third kappa shape index (κ3) is 2.73. The topological polar surface area (TPSA) is 78.6 Å². The average molecular weight is 285 g/mol. The quantitative estimate of drug-likeness (QED) is 0.576. The predicted molar refractivity (Wildman–Crippen MR) is 69.9 cm³/mol.